The maximum Gasteiger partial charge on any atom is 0.227 e. The van der Waals surface area contributed by atoms with E-state index in [0.717, 1.165) is 49.0 Å². The monoisotopic (exact) mass is 343 g/mol. The van der Waals surface area contributed by atoms with Crippen molar-refractivity contribution in [2.75, 3.05) is 19.6 Å². The minimum Gasteiger partial charge on any atom is -0.332 e. The number of amides is 1. The molecule has 0 bridgehead atoms. The first-order chi connectivity index (χ1) is 11.7. The Morgan fingerprint density at radius 2 is 2.08 bits per heavy atom. The highest BCUT2D eigenvalue weighted by molar-refractivity contribution is 7.20. The predicted octanol–water partition coefficient (Wildman–Crippen LogP) is 2.47. The molecule has 1 aromatic carbocycles. The quantitative estimate of drug-likeness (QED) is 0.870. The number of Topliss-reactive ketones (excluding diaryl/α,β-unsaturated/α-hetero) is 1. The van der Waals surface area contributed by atoms with Gasteiger partial charge in [-0.1, -0.05) is 12.1 Å². The van der Waals surface area contributed by atoms with Gasteiger partial charge in [0.15, 0.2) is 5.01 Å². The summed E-state index contributed by atoms with van der Waals surface area (Å²) in [4.78, 5) is 32.1. The average Bonchev–Trinajstić information content (AvgIpc) is 3.28. The van der Waals surface area contributed by atoms with Gasteiger partial charge in [-0.25, -0.2) is 4.98 Å². The van der Waals surface area contributed by atoms with E-state index < -0.39 is 0 Å². The number of carbonyl (C=O) groups is 2. The van der Waals surface area contributed by atoms with E-state index in [1.54, 1.807) is 0 Å². The van der Waals surface area contributed by atoms with E-state index in [0.29, 0.717) is 11.6 Å². The van der Waals surface area contributed by atoms with Crippen LogP contribution in [0.4, 0.5) is 0 Å². The molecule has 1 aromatic heterocycles. The number of carbonyl (C=O) groups excluding carboxylic acids is 2. The summed E-state index contributed by atoms with van der Waals surface area (Å²) in [5.74, 6) is 0.160. The number of hydrogen-bond donors (Lipinski definition) is 1. The van der Waals surface area contributed by atoms with Crippen molar-refractivity contribution in [3.63, 3.8) is 0 Å². The first kappa shape index (κ1) is 15.7. The number of rotatable bonds is 3. The Hall–Kier alpha value is -1.79. The van der Waals surface area contributed by atoms with Gasteiger partial charge in [-0.15, -0.1) is 11.3 Å². The molecule has 3 heterocycles. The van der Waals surface area contributed by atoms with E-state index in [1.807, 2.05) is 29.2 Å². The fourth-order valence-electron chi connectivity index (χ4n) is 3.72. The fraction of sp³-hybridized carbons (Fsp3) is 0.500. The van der Waals surface area contributed by atoms with E-state index >= 15 is 0 Å². The number of ketones is 1. The van der Waals surface area contributed by atoms with Crippen molar-refractivity contribution < 1.29 is 9.59 Å². The van der Waals surface area contributed by atoms with Gasteiger partial charge >= 0.3 is 0 Å². The Bertz CT molecular complexity index is 733. The number of hydrogen-bond acceptors (Lipinski definition) is 5. The third kappa shape index (κ3) is 2.84. The zero-order valence-corrected chi connectivity index (χ0v) is 14.3. The van der Waals surface area contributed by atoms with Gasteiger partial charge in [-0.3, -0.25) is 9.59 Å². The lowest BCUT2D eigenvalue weighted by Gasteiger charge is -2.30. The molecule has 1 N–H and O–H groups in total. The maximum absolute atomic E-state index is 13.0. The highest BCUT2D eigenvalue weighted by atomic mass is 32.1. The summed E-state index contributed by atoms with van der Waals surface area (Å²) < 4.78 is 1.02. The van der Waals surface area contributed by atoms with Crippen molar-refractivity contribution in [2.45, 2.75) is 31.7 Å². The smallest absolute Gasteiger partial charge is 0.227 e. The van der Waals surface area contributed by atoms with Crippen LogP contribution in [0.2, 0.25) is 0 Å². The van der Waals surface area contributed by atoms with Crippen molar-refractivity contribution in [2.24, 2.45) is 5.92 Å². The van der Waals surface area contributed by atoms with Gasteiger partial charge in [0, 0.05) is 13.1 Å². The maximum atomic E-state index is 13.0. The summed E-state index contributed by atoms with van der Waals surface area (Å²) >= 11 is 1.43. The summed E-state index contributed by atoms with van der Waals surface area (Å²) in [5, 5.41) is 3.82. The molecule has 4 rings (SSSR count). The molecule has 24 heavy (non-hydrogen) atoms. The van der Waals surface area contributed by atoms with Crippen molar-refractivity contribution in [1.29, 1.82) is 0 Å². The van der Waals surface area contributed by atoms with E-state index in [2.05, 4.69) is 10.3 Å². The Labute approximate surface area is 145 Å². The molecule has 2 aliphatic heterocycles. The van der Waals surface area contributed by atoms with E-state index in [4.69, 9.17) is 0 Å². The number of para-hydroxylation sites is 1. The molecule has 0 spiro atoms. The molecule has 2 fully saturated rings. The lowest BCUT2D eigenvalue weighted by Crippen LogP contribution is -2.47. The summed E-state index contributed by atoms with van der Waals surface area (Å²) in [6.45, 7) is 2.41. The third-order valence-electron chi connectivity index (χ3n) is 4.99. The standard InChI is InChI=1S/C18H21N3O2S/c22-16(17-20-13-6-1-2-8-15(13)24-17)14-7-4-10-21(14)18(23)12-5-3-9-19-11-12/h1-2,6,8,12,14,19H,3-5,7,9-11H2/t12?,14-/m0/s1. The zero-order valence-electron chi connectivity index (χ0n) is 13.5. The number of nitrogens with one attached hydrogen (secondary N) is 1. The molecule has 2 atom stereocenters. The van der Waals surface area contributed by atoms with Crippen molar-refractivity contribution in [1.82, 2.24) is 15.2 Å². The summed E-state index contributed by atoms with van der Waals surface area (Å²) in [7, 11) is 0. The highest BCUT2D eigenvalue weighted by Crippen LogP contribution is 2.28. The number of thiazole rings is 1. The number of likely N-dealkylation sites (tertiary alicyclic amines) is 1. The number of aromatic nitrogens is 1. The molecule has 0 radical (unpaired) electrons. The van der Waals surface area contributed by atoms with Crippen LogP contribution in [0.15, 0.2) is 24.3 Å². The Morgan fingerprint density at radius 3 is 2.88 bits per heavy atom. The predicted molar refractivity (Wildman–Crippen MR) is 94.3 cm³/mol. The van der Waals surface area contributed by atoms with Crippen LogP contribution >= 0.6 is 11.3 Å². The minimum atomic E-state index is -0.333. The molecule has 1 unspecified atom stereocenters. The van der Waals surface area contributed by atoms with Gasteiger partial charge in [-0.05, 0) is 44.4 Å². The highest BCUT2D eigenvalue weighted by Gasteiger charge is 2.38. The Morgan fingerprint density at radius 1 is 1.21 bits per heavy atom. The lowest BCUT2D eigenvalue weighted by molar-refractivity contribution is -0.136. The van der Waals surface area contributed by atoms with Crippen molar-refractivity contribution in [3.05, 3.63) is 29.3 Å². The van der Waals surface area contributed by atoms with Crippen LogP contribution in [0.5, 0.6) is 0 Å². The molecule has 5 nitrogen and oxygen atoms in total. The fourth-order valence-corrected chi connectivity index (χ4v) is 4.67. The van der Waals surface area contributed by atoms with Crippen molar-refractivity contribution >= 4 is 33.2 Å². The van der Waals surface area contributed by atoms with Crippen molar-refractivity contribution in [3.8, 4) is 0 Å². The molecule has 1 amide bonds. The molecule has 2 aliphatic rings. The van der Waals surface area contributed by atoms with Gasteiger partial charge in [0.05, 0.1) is 22.2 Å². The van der Waals surface area contributed by atoms with E-state index in [9.17, 15) is 9.59 Å². The first-order valence-corrected chi connectivity index (χ1v) is 9.46. The van der Waals surface area contributed by atoms with Gasteiger partial charge in [-0.2, -0.15) is 0 Å². The zero-order chi connectivity index (χ0) is 16.5. The second-order valence-electron chi connectivity index (χ2n) is 6.58. The van der Waals surface area contributed by atoms with Gasteiger partial charge in [0.1, 0.15) is 0 Å². The summed E-state index contributed by atoms with van der Waals surface area (Å²) in [5.41, 5.74) is 0.859. The van der Waals surface area contributed by atoms with Crippen LogP contribution in [0.3, 0.4) is 0 Å². The van der Waals surface area contributed by atoms with Crippen LogP contribution < -0.4 is 5.32 Å². The average molecular weight is 343 g/mol. The normalized spacial score (nSPS) is 24.4. The Kier molecular flexibility index (Phi) is 4.33. The number of piperidine rings is 1. The summed E-state index contributed by atoms with van der Waals surface area (Å²) in [6, 6.07) is 7.46. The van der Waals surface area contributed by atoms with Crippen LogP contribution in [0, 0.1) is 5.92 Å². The summed E-state index contributed by atoms with van der Waals surface area (Å²) in [6.07, 6.45) is 3.60. The van der Waals surface area contributed by atoms with Crippen LogP contribution in [-0.4, -0.2) is 47.3 Å². The number of benzene rings is 1. The largest absolute Gasteiger partial charge is 0.332 e. The molecule has 6 heteroatoms. The van der Waals surface area contributed by atoms with E-state index in [1.165, 1.54) is 11.3 Å². The second-order valence-corrected chi connectivity index (χ2v) is 7.61. The third-order valence-corrected chi connectivity index (χ3v) is 6.04. The molecule has 0 saturated carbocycles. The number of fused-ring (bicyclic) bond motifs is 1. The molecule has 2 aromatic rings. The van der Waals surface area contributed by atoms with Crippen LogP contribution in [-0.2, 0) is 4.79 Å². The second kappa shape index (κ2) is 6.61. The first-order valence-electron chi connectivity index (χ1n) is 8.65. The molecule has 126 valence electrons. The SMILES string of the molecule is O=C(c1nc2ccccc2s1)[C@@H]1CCCN1C(=O)C1CCCNC1. The van der Waals surface area contributed by atoms with Gasteiger partial charge in [0.2, 0.25) is 11.7 Å². The van der Waals surface area contributed by atoms with Gasteiger partial charge in [0.25, 0.3) is 0 Å². The molecule has 2 saturated heterocycles. The topological polar surface area (TPSA) is 62.3 Å². The van der Waals surface area contributed by atoms with Crippen LogP contribution in [0.25, 0.3) is 10.2 Å². The Balaban J connectivity index is 1.55. The van der Waals surface area contributed by atoms with Gasteiger partial charge < -0.3 is 10.2 Å². The van der Waals surface area contributed by atoms with Crippen LogP contribution in [0.1, 0.15) is 35.5 Å². The molecule has 0 aliphatic carbocycles. The molecular formula is C18H21N3O2S. The minimum absolute atomic E-state index is 0.00539. The number of nitrogens with zero attached hydrogens (tertiary/aromatic N) is 2. The van der Waals surface area contributed by atoms with E-state index in [-0.39, 0.29) is 23.7 Å². The molecular weight excluding hydrogens is 322 g/mol. The lowest BCUT2D eigenvalue weighted by atomic mass is 9.97.